The van der Waals surface area contributed by atoms with Crippen LogP contribution in [0.25, 0.3) is 0 Å². The molecule has 0 aliphatic heterocycles. The second-order valence-electron chi connectivity index (χ2n) is 12.7. The summed E-state index contributed by atoms with van der Waals surface area (Å²) in [5, 5.41) is 18.7. The van der Waals surface area contributed by atoms with Gasteiger partial charge in [0.1, 0.15) is 0 Å². The van der Waals surface area contributed by atoms with Crippen LogP contribution in [0.2, 0.25) is 0 Å². The first-order valence-electron chi connectivity index (χ1n) is 16.3. The summed E-state index contributed by atoms with van der Waals surface area (Å²) in [4.78, 5) is 0.0118. The van der Waals surface area contributed by atoms with Gasteiger partial charge >= 0.3 is 6.18 Å². The van der Waals surface area contributed by atoms with Crippen molar-refractivity contribution in [2.45, 2.75) is 134 Å². The molecule has 0 saturated heterocycles. The van der Waals surface area contributed by atoms with Crippen LogP contribution in [-0.2, 0) is 9.84 Å². The Bertz CT molecular complexity index is 1120. The fraction of sp³-hybridized carbons (Fsp3) is 0.765. The molecule has 5 rings (SSSR count). The van der Waals surface area contributed by atoms with Crippen LogP contribution in [0.5, 0.6) is 0 Å². The number of halogens is 3. The Kier molecular flexibility index (Phi) is 12.2. The van der Waals surface area contributed by atoms with Gasteiger partial charge in [-0.25, -0.2) is 8.42 Å². The van der Waals surface area contributed by atoms with Gasteiger partial charge in [-0.2, -0.15) is 13.2 Å². The lowest BCUT2D eigenvalue weighted by Crippen LogP contribution is -2.46. The summed E-state index contributed by atoms with van der Waals surface area (Å²) >= 11 is 0. The van der Waals surface area contributed by atoms with Crippen LogP contribution in [0.4, 0.5) is 13.2 Å². The molecule has 0 radical (unpaired) electrons. The molecule has 0 bridgehead atoms. The predicted octanol–water partition coefficient (Wildman–Crippen LogP) is 8.52. The topological polar surface area (TPSA) is 74.6 Å². The van der Waals surface area contributed by atoms with E-state index in [0.717, 1.165) is 51.4 Å². The van der Waals surface area contributed by atoms with E-state index in [2.05, 4.69) is 13.0 Å². The Morgan fingerprint density at radius 2 is 1.64 bits per heavy atom. The highest BCUT2D eigenvalue weighted by molar-refractivity contribution is 7.92. The van der Waals surface area contributed by atoms with Gasteiger partial charge in [-0.15, -0.1) is 0 Å². The molecule has 4 nitrogen and oxygen atoms in total. The Hall–Kier alpha value is -1.38. The molecule has 3 saturated carbocycles. The molecule has 42 heavy (non-hydrogen) atoms. The van der Waals surface area contributed by atoms with Crippen LogP contribution in [0.3, 0.4) is 0 Å². The third-order valence-corrected chi connectivity index (χ3v) is 13.1. The average Bonchev–Trinajstić information content (AvgIpc) is 3.32. The van der Waals surface area contributed by atoms with Crippen molar-refractivity contribution >= 4 is 9.84 Å². The number of rotatable bonds is 7. The first kappa shape index (κ1) is 35.1. The maximum atomic E-state index is 13.4. The largest absolute Gasteiger partial charge is 0.414 e. The van der Waals surface area contributed by atoms with Crippen LogP contribution < -0.4 is 0 Å². The number of fused-ring (bicyclic) bond motifs is 5. The van der Waals surface area contributed by atoms with Gasteiger partial charge < -0.3 is 10.2 Å². The molecule has 0 spiro atoms. The monoisotopic (exact) mass is 614 g/mol. The van der Waals surface area contributed by atoms with Crippen molar-refractivity contribution in [3.05, 3.63) is 42.0 Å². The second-order valence-corrected chi connectivity index (χ2v) is 14.9. The molecule has 4 aliphatic rings. The van der Waals surface area contributed by atoms with Crippen LogP contribution in [0, 0.1) is 35.0 Å². The number of allylic oxidation sites excluding steroid dienone is 1. The minimum atomic E-state index is -4.85. The first-order valence-corrected chi connectivity index (χ1v) is 17.9. The number of alkyl halides is 3. The van der Waals surface area contributed by atoms with Crippen LogP contribution in [0.1, 0.15) is 105 Å². The summed E-state index contributed by atoms with van der Waals surface area (Å²) in [7, 11) is -4.02. The normalized spacial score (nSPS) is 33.7. The molecule has 0 heterocycles. The molecule has 1 aromatic carbocycles. The van der Waals surface area contributed by atoms with E-state index >= 15 is 0 Å². The summed E-state index contributed by atoms with van der Waals surface area (Å²) in [6.45, 7) is 10.3. The van der Waals surface area contributed by atoms with Gasteiger partial charge in [-0.1, -0.05) is 64.5 Å². The van der Waals surface area contributed by atoms with E-state index in [1.54, 1.807) is 18.2 Å². The third kappa shape index (κ3) is 7.28. The van der Waals surface area contributed by atoms with Gasteiger partial charge in [0.25, 0.3) is 0 Å². The standard InChI is InChI=1S/C30H41F3O4S.2C2H6/c1-29-16-15-25-24-13-10-21(34)17-19(24)7-12-26(25)27(29)14-9-20(29)8-11-23(18-28(35)30(31,32)33)38(36,37)22-5-3-2-4-6-22;2*1-2/h2-7,20-21,23-28,34-35H,8-18H2,1H3;2*1-2H3/t20-,21?,23?,24?,25?,26?,27?,28?,29?;;/m0../s1. The van der Waals surface area contributed by atoms with Crippen molar-refractivity contribution in [2.24, 2.45) is 35.0 Å². The first-order chi connectivity index (χ1) is 19.9. The molecule has 2 N–H and O–H groups in total. The fourth-order valence-corrected chi connectivity index (χ4v) is 10.6. The quantitative estimate of drug-likeness (QED) is 0.302. The Morgan fingerprint density at radius 1 is 0.976 bits per heavy atom. The SMILES string of the molecule is CC.CC.CC12CCC3C4CCC(O)CC4=CCC3C1CC[C@@H]2CCC(CC(O)C(F)(F)F)S(=O)(=O)c1ccccc1. The highest BCUT2D eigenvalue weighted by Gasteiger charge is 2.55. The molecule has 9 atom stereocenters. The third-order valence-electron chi connectivity index (χ3n) is 10.8. The molecule has 240 valence electrons. The van der Waals surface area contributed by atoms with Crippen molar-refractivity contribution in [1.82, 2.24) is 0 Å². The van der Waals surface area contributed by atoms with E-state index in [0.29, 0.717) is 30.1 Å². The predicted molar refractivity (Wildman–Crippen MR) is 163 cm³/mol. The molecule has 8 heteroatoms. The zero-order chi connectivity index (χ0) is 31.3. The Morgan fingerprint density at radius 3 is 2.29 bits per heavy atom. The minimum Gasteiger partial charge on any atom is -0.393 e. The maximum Gasteiger partial charge on any atom is 0.414 e. The average molecular weight is 615 g/mol. The lowest BCUT2D eigenvalue weighted by atomic mass is 9.51. The van der Waals surface area contributed by atoms with E-state index in [1.165, 1.54) is 17.7 Å². The van der Waals surface area contributed by atoms with Crippen molar-refractivity contribution in [2.75, 3.05) is 0 Å². The van der Waals surface area contributed by atoms with Crippen molar-refractivity contribution < 1.29 is 31.8 Å². The van der Waals surface area contributed by atoms with Gasteiger partial charge in [0.2, 0.25) is 0 Å². The number of aliphatic hydroxyl groups excluding tert-OH is 2. The highest BCUT2D eigenvalue weighted by Crippen LogP contribution is 2.64. The van der Waals surface area contributed by atoms with E-state index in [9.17, 15) is 31.8 Å². The van der Waals surface area contributed by atoms with E-state index in [1.807, 2.05) is 27.7 Å². The number of hydrogen-bond donors (Lipinski definition) is 2. The molecular weight excluding hydrogens is 561 g/mol. The van der Waals surface area contributed by atoms with Crippen LogP contribution in [0.15, 0.2) is 46.9 Å². The van der Waals surface area contributed by atoms with E-state index < -0.39 is 33.8 Å². The number of benzene rings is 1. The molecule has 0 aromatic heterocycles. The Labute approximate surface area is 252 Å². The lowest BCUT2D eigenvalue weighted by molar-refractivity contribution is -0.205. The minimum absolute atomic E-state index is 0.0118. The van der Waals surface area contributed by atoms with Gasteiger partial charge in [-0.3, -0.25) is 0 Å². The van der Waals surface area contributed by atoms with Crippen LogP contribution in [-0.4, -0.2) is 42.3 Å². The molecule has 4 aliphatic carbocycles. The molecule has 1 aromatic rings. The van der Waals surface area contributed by atoms with Crippen molar-refractivity contribution in [3.8, 4) is 0 Å². The van der Waals surface area contributed by atoms with Gasteiger partial charge in [0.15, 0.2) is 15.9 Å². The van der Waals surface area contributed by atoms with Gasteiger partial charge in [0, 0.05) is 0 Å². The number of sulfone groups is 1. The zero-order valence-electron chi connectivity index (χ0n) is 26.1. The summed E-state index contributed by atoms with van der Waals surface area (Å²) in [6.07, 6.45) is 2.54. The second kappa shape index (κ2) is 14.6. The van der Waals surface area contributed by atoms with E-state index in [-0.39, 0.29) is 28.8 Å². The lowest BCUT2D eigenvalue weighted by Gasteiger charge is -2.54. The zero-order valence-corrected chi connectivity index (χ0v) is 26.9. The number of hydrogen-bond acceptors (Lipinski definition) is 4. The van der Waals surface area contributed by atoms with E-state index in [4.69, 9.17) is 0 Å². The van der Waals surface area contributed by atoms with Gasteiger partial charge in [-0.05, 0) is 118 Å². The van der Waals surface area contributed by atoms with Gasteiger partial charge in [0.05, 0.1) is 16.2 Å². The molecule has 0 amide bonds. The Balaban J connectivity index is 0.00000116. The molecule has 8 unspecified atom stereocenters. The smallest absolute Gasteiger partial charge is 0.393 e. The summed E-state index contributed by atoms with van der Waals surface area (Å²) in [5.74, 6) is 2.63. The molecule has 3 fully saturated rings. The summed E-state index contributed by atoms with van der Waals surface area (Å²) in [5.41, 5.74) is 1.50. The van der Waals surface area contributed by atoms with Crippen molar-refractivity contribution in [3.63, 3.8) is 0 Å². The fourth-order valence-electron chi connectivity index (χ4n) is 8.80. The summed E-state index contributed by atoms with van der Waals surface area (Å²) in [6, 6.07) is 7.66. The number of aliphatic hydroxyl groups is 2. The maximum absolute atomic E-state index is 13.4. The summed E-state index contributed by atoms with van der Waals surface area (Å²) < 4.78 is 66.6. The van der Waals surface area contributed by atoms with Crippen molar-refractivity contribution in [1.29, 1.82) is 0 Å². The highest BCUT2D eigenvalue weighted by atomic mass is 32.2. The van der Waals surface area contributed by atoms with Crippen LogP contribution >= 0.6 is 0 Å². The molecular formula is C34H53F3O4S.